The first-order valence-electron chi connectivity index (χ1n) is 10.3. The van der Waals surface area contributed by atoms with E-state index in [2.05, 4.69) is 53.5 Å². The summed E-state index contributed by atoms with van der Waals surface area (Å²) in [4.78, 5) is 22.9. The summed E-state index contributed by atoms with van der Waals surface area (Å²) in [7, 11) is 1.79. The van der Waals surface area contributed by atoms with E-state index in [4.69, 9.17) is 4.74 Å². The molecule has 160 valence electrons. The molecule has 0 bridgehead atoms. The van der Waals surface area contributed by atoms with E-state index in [1.54, 1.807) is 18.0 Å². The van der Waals surface area contributed by atoms with Crippen LogP contribution < -0.4 is 20.3 Å². The summed E-state index contributed by atoms with van der Waals surface area (Å²) in [5, 5.41) is 5.96. The molecular formula is C24H27N5O2. The van der Waals surface area contributed by atoms with Crippen molar-refractivity contribution >= 4 is 23.2 Å². The molecule has 0 atom stereocenters. The van der Waals surface area contributed by atoms with Crippen molar-refractivity contribution in [1.82, 2.24) is 9.97 Å². The number of nitrogens with one attached hydrogen (secondary N) is 2. The number of fused-ring (bicyclic) bond motifs is 1. The van der Waals surface area contributed by atoms with Crippen LogP contribution in [0.25, 0.3) is 0 Å². The molecule has 1 aromatic heterocycles. The zero-order valence-corrected chi connectivity index (χ0v) is 18.3. The van der Waals surface area contributed by atoms with Crippen molar-refractivity contribution in [2.45, 2.75) is 32.6 Å². The van der Waals surface area contributed by atoms with E-state index in [0.29, 0.717) is 24.0 Å². The van der Waals surface area contributed by atoms with E-state index in [9.17, 15) is 4.79 Å². The smallest absolute Gasteiger partial charge is 0.326 e. The van der Waals surface area contributed by atoms with Crippen molar-refractivity contribution < 1.29 is 9.53 Å². The maximum Gasteiger partial charge on any atom is 0.326 e. The van der Waals surface area contributed by atoms with Gasteiger partial charge >= 0.3 is 6.03 Å². The number of hydrogen-bond donors (Lipinski definition) is 2. The number of hydrogen-bond acceptors (Lipinski definition) is 5. The van der Waals surface area contributed by atoms with Crippen LogP contribution in [-0.4, -0.2) is 29.6 Å². The molecule has 0 saturated carbocycles. The molecule has 0 fully saturated rings. The molecule has 0 saturated heterocycles. The summed E-state index contributed by atoms with van der Waals surface area (Å²) in [5.41, 5.74) is 4.07. The Morgan fingerprint density at radius 3 is 2.55 bits per heavy atom. The van der Waals surface area contributed by atoms with E-state index < -0.39 is 0 Å². The van der Waals surface area contributed by atoms with Gasteiger partial charge in [-0.2, -0.15) is 0 Å². The van der Waals surface area contributed by atoms with Gasteiger partial charge in [-0.1, -0.05) is 32.9 Å². The van der Waals surface area contributed by atoms with Crippen LogP contribution in [0.3, 0.4) is 0 Å². The molecule has 0 radical (unpaired) electrons. The minimum Gasteiger partial charge on any atom is -0.439 e. The van der Waals surface area contributed by atoms with Gasteiger partial charge < -0.3 is 15.4 Å². The van der Waals surface area contributed by atoms with Crippen LogP contribution in [0, 0.1) is 0 Å². The number of anilines is 3. The Labute approximate surface area is 182 Å². The largest absolute Gasteiger partial charge is 0.439 e. The fraction of sp³-hybridized carbons (Fsp3) is 0.292. The summed E-state index contributed by atoms with van der Waals surface area (Å²) >= 11 is 0. The van der Waals surface area contributed by atoms with E-state index in [0.717, 1.165) is 23.4 Å². The van der Waals surface area contributed by atoms with Crippen LogP contribution in [0.4, 0.5) is 22.0 Å². The van der Waals surface area contributed by atoms with E-state index in [-0.39, 0.29) is 11.4 Å². The number of benzene rings is 2. The van der Waals surface area contributed by atoms with Gasteiger partial charge in [0.05, 0.1) is 0 Å². The van der Waals surface area contributed by atoms with Gasteiger partial charge in [0.2, 0.25) is 5.88 Å². The number of ether oxygens (including phenoxy) is 1. The second kappa shape index (κ2) is 8.26. The average Bonchev–Trinajstić information content (AvgIpc) is 3.17. The lowest BCUT2D eigenvalue weighted by atomic mass is 9.87. The Hall–Kier alpha value is -3.61. The topological polar surface area (TPSA) is 79.4 Å². The Kier molecular flexibility index (Phi) is 5.50. The molecule has 2 N–H and O–H groups in total. The van der Waals surface area contributed by atoms with Gasteiger partial charge in [-0.05, 0) is 53.3 Å². The van der Waals surface area contributed by atoms with E-state index in [1.807, 2.05) is 30.3 Å². The lowest BCUT2D eigenvalue weighted by molar-refractivity contribution is 0.257. The zero-order valence-electron chi connectivity index (χ0n) is 18.3. The summed E-state index contributed by atoms with van der Waals surface area (Å²) in [6.45, 7) is 7.14. The Balaban J connectivity index is 1.45. The molecule has 4 rings (SSSR count). The molecule has 31 heavy (non-hydrogen) atoms. The summed E-state index contributed by atoms with van der Waals surface area (Å²) in [6, 6.07) is 15.4. The number of rotatable bonds is 4. The van der Waals surface area contributed by atoms with Crippen LogP contribution >= 0.6 is 0 Å². The van der Waals surface area contributed by atoms with Crippen LogP contribution in [0.5, 0.6) is 11.6 Å². The molecule has 2 heterocycles. The number of nitrogens with zero attached hydrogens (tertiary/aromatic N) is 3. The minimum atomic E-state index is -0.134. The molecule has 1 aliphatic heterocycles. The van der Waals surface area contributed by atoms with Crippen molar-refractivity contribution in [1.29, 1.82) is 0 Å². The molecule has 0 spiro atoms. The third kappa shape index (κ3) is 4.60. The third-order valence-electron chi connectivity index (χ3n) is 5.31. The van der Waals surface area contributed by atoms with Crippen LogP contribution in [0.15, 0.2) is 54.9 Å². The lowest BCUT2D eigenvalue weighted by Gasteiger charge is -2.21. The SMILES string of the molecule is CNc1cc(Oc2ccc3c(c2)CCN3C(=O)Nc2ccc(C(C)(C)C)cc2)ncn1. The quantitative estimate of drug-likeness (QED) is 0.610. The number of carbonyl (C=O) groups is 1. The maximum absolute atomic E-state index is 12.9. The number of urea groups is 1. The molecule has 2 aromatic carbocycles. The number of aromatic nitrogens is 2. The fourth-order valence-electron chi connectivity index (χ4n) is 3.55. The summed E-state index contributed by atoms with van der Waals surface area (Å²) in [6.07, 6.45) is 2.23. The first-order chi connectivity index (χ1) is 14.8. The first kappa shape index (κ1) is 20.7. The maximum atomic E-state index is 12.9. The fourth-order valence-corrected chi connectivity index (χ4v) is 3.55. The van der Waals surface area contributed by atoms with E-state index >= 15 is 0 Å². The van der Waals surface area contributed by atoms with Crippen LogP contribution in [0.2, 0.25) is 0 Å². The second-order valence-electron chi connectivity index (χ2n) is 8.54. The molecular weight excluding hydrogens is 390 g/mol. The predicted octanol–water partition coefficient (Wildman–Crippen LogP) is 5.20. The van der Waals surface area contributed by atoms with Crippen molar-refractivity contribution in [3.05, 3.63) is 66.0 Å². The van der Waals surface area contributed by atoms with Crippen molar-refractivity contribution in [3.63, 3.8) is 0 Å². The van der Waals surface area contributed by atoms with Gasteiger partial charge in [-0.15, -0.1) is 0 Å². The van der Waals surface area contributed by atoms with Crippen molar-refractivity contribution in [2.24, 2.45) is 0 Å². The summed E-state index contributed by atoms with van der Waals surface area (Å²) in [5.74, 6) is 1.83. The van der Waals surface area contributed by atoms with Crippen LogP contribution in [-0.2, 0) is 11.8 Å². The lowest BCUT2D eigenvalue weighted by Crippen LogP contribution is -2.33. The van der Waals surface area contributed by atoms with E-state index in [1.165, 1.54) is 11.9 Å². The molecule has 2 amide bonds. The Morgan fingerprint density at radius 2 is 1.84 bits per heavy atom. The second-order valence-corrected chi connectivity index (χ2v) is 8.54. The highest BCUT2D eigenvalue weighted by atomic mass is 16.5. The Bertz CT molecular complexity index is 1090. The monoisotopic (exact) mass is 417 g/mol. The highest BCUT2D eigenvalue weighted by Crippen LogP contribution is 2.33. The average molecular weight is 418 g/mol. The number of amides is 2. The molecule has 1 aliphatic rings. The molecule has 3 aromatic rings. The van der Waals surface area contributed by atoms with Gasteiger partial charge in [0.1, 0.15) is 17.9 Å². The van der Waals surface area contributed by atoms with Gasteiger partial charge in [0.15, 0.2) is 0 Å². The highest BCUT2D eigenvalue weighted by molar-refractivity contribution is 6.03. The summed E-state index contributed by atoms with van der Waals surface area (Å²) < 4.78 is 5.87. The molecule has 0 aliphatic carbocycles. The molecule has 7 heteroatoms. The van der Waals surface area contributed by atoms with Gasteiger partial charge in [0.25, 0.3) is 0 Å². The predicted molar refractivity (Wildman–Crippen MR) is 123 cm³/mol. The van der Waals surface area contributed by atoms with Gasteiger partial charge in [-0.25, -0.2) is 14.8 Å². The minimum absolute atomic E-state index is 0.0800. The van der Waals surface area contributed by atoms with Crippen molar-refractivity contribution in [3.8, 4) is 11.6 Å². The van der Waals surface area contributed by atoms with Gasteiger partial charge in [0, 0.05) is 31.0 Å². The molecule has 7 nitrogen and oxygen atoms in total. The highest BCUT2D eigenvalue weighted by Gasteiger charge is 2.25. The van der Waals surface area contributed by atoms with Gasteiger partial charge in [-0.3, -0.25) is 4.90 Å². The first-order valence-corrected chi connectivity index (χ1v) is 10.3. The number of carbonyl (C=O) groups excluding carboxylic acids is 1. The third-order valence-corrected chi connectivity index (χ3v) is 5.31. The van der Waals surface area contributed by atoms with Crippen molar-refractivity contribution in [2.75, 3.05) is 29.1 Å². The van der Waals surface area contributed by atoms with Crippen LogP contribution in [0.1, 0.15) is 31.9 Å². The zero-order chi connectivity index (χ0) is 22.0. The Morgan fingerprint density at radius 1 is 1.06 bits per heavy atom. The molecule has 0 unspecified atom stereocenters. The standard InChI is InChI=1S/C24H27N5O2/c1-24(2,3)17-5-7-18(8-6-17)28-23(30)29-12-11-16-13-19(9-10-20(16)29)31-22-14-21(25-4)26-15-27-22/h5-10,13-15H,11-12H2,1-4H3,(H,28,30)(H,25,26,27). The normalized spacial score (nSPS) is 13.0.